The summed E-state index contributed by atoms with van der Waals surface area (Å²) >= 11 is 0. The Morgan fingerprint density at radius 3 is 2.40 bits per heavy atom. The summed E-state index contributed by atoms with van der Waals surface area (Å²) in [5.74, 6) is 0.426. The van der Waals surface area contributed by atoms with E-state index in [1.165, 1.54) is 16.7 Å². The van der Waals surface area contributed by atoms with E-state index in [2.05, 4.69) is 4.98 Å². The topological polar surface area (TPSA) is 55.1 Å². The van der Waals surface area contributed by atoms with Gasteiger partial charge in [-0.2, -0.15) is 13.2 Å². The Morgan fingerprint density at radius 1 is 1.12 bits per heavy atom. The average Bonchev–Trinajstić information content (AvgIpc) is 2.58. The molecule has 130 valence electrons. The van der Waals surface area contributed by atoms with E-state index in [0.717, 1.165) is 12.1 Å². The van der Waals surface area contributed by atoms with Gasteiger partial charge in [0.25, 0.3) is 5.56 Å². The molecule has 1 aromatic heterocycles. The summed E-state index contributed by atoms with van der Waals surface area (Å²) in [5.41, 5.74) is -0.226. The lowest BCUT2D eigenvalue weighted by molar-refractivity contribution is -0.137. The minimum Gasteiger partial charge on any atom is -0.387 e. The number of fused-ring (bicyclic) bond motifs is 1. The van der Waals surface area contributed by atoms with Crippen LogP contribution in [0.25, 0.3) is 10.9 Å². The molecule has 1 N–H and O–H groups in total. The number of benzene rings is 2. The largest absolute Gasteiger partial charge is 0.416 e. The van der Waals surface area contributed by atoms with Crippen molar-refractivity contribution in [2.75, 3.05) is 0 Å². The Bertz CT molecular complexity index is 963. The molecule has 0 amide bonds. The highest BCUT2D eigenvalue weighted by Crippen LogP contribution is 2.30. The van der Waals surface area contributed by atoms with Crippen molar-refractivity contribution in [2.24, 2.45) is 0 Å². The molecular formula is C18H15F3N2O2. The van der Waals surface area contributed by atoms with E-state index < -0.39 is 17.8 Å². The van der Waals surface area contributed by atoms with E-state index in [1.807, 2.05) is 0 Å². The Kier molecular flexibility index (Phi) is 4.34. The number of para-hydroxylation sites is 1. The third-order valence-corrected chi connectivity index (χ3v) is 4.03. The summed E-state index contributed by atoms with van der Waals surface area (Å²) in [6.45, 7) is 1.56. The van der Waals surface area contributed by atoms with Gasteiger partial charge >= 0.3 is 6.18 Å². The smallest absolute Gasteiger partial charge is 0.387 e. The Morgan fingerprint density at radius 2 is 1.76 bits per heavy atom. The first-order valence-corrected chi connectivity index (χ1v) is 7.59. The Labute approximate surface area is 141 Å². The number of hydrogen-bond acceptors (Lipinski definition) is 3. The molecule has 0 radical (unpaired) electrons. The summed E-state index contributed by atoms with van der Waals surface area (Å²) in [5, 5.41) is 10.7. The summed E-state index contributed by atoms with van der Waals surface area (Å²) in [6.07, 6.45) is -5.55. The van der Waals surface area contributed by atoms with Gasteiger partial charge in [-0.15, -0.1) is 0 Å². The molecule has 1 atom stereocenters. The summed E-state index contributed by atoms with van der Waals surface area (Å²) in [6, 6.07) is 11.1. The van der Waals surface area contributed by atoms with E-state index >= 15 is 0 Å². The number of nitrogens with zero attached hydrogens (tertiary/aromatic N) is 2. The van der Waals surface area contributed by atoms with Crippen LogP contribution in [0.3, 0.4) is 0 Å². The quantitative estimate of drug-likeness (QED) is 0.789. The number of aliphatic hydroxyl groups is 1. The number of aliphatic hydroxyl groups excluding tert-OH is 1. The van der Waals surface area contributed by atoms with Crippen LogP contribution >= 0.6 is 0 Å². The zero-order valence-corrected chi connectivity index (χ0v) is 13.3. The van der Waals surface area contributed by atoms with Gasteiger partial charge in [0, 0.05) is 0 Å². The first-order valence-electron chi connectivity index (χ1n) is 7.59. The lowest BCUT2D eigenvalue weighted by Gasteiger charge is -2.16. The maximum atomic E-state index is 12.6. The summed E-state index contributed by atoms with van der Waals surface area (Å²) in [4.78, 5) is 16.9. The van der Waals surface area contributed by atoms with E-state index in [-0.39, 0.29) is 12.1 Å². The first kappa shape index (κ1) is 17.2. The molecule has 1 unspecified atom stereocenters. The van der Waals surface area contributed by atoms with Crippen molar-refractivity contribution in [2.45, 2.75) is 25.7 Å². The number of aryl methyl sites for hydroxylation is 1. The predicted octanol–water partition coefficient (Wildman–Crippen LogP) is 3.46. The standard InChI is InChI=1S/C18H15F3N2O2/c1-11-22-15-5-3-2-4-14(15)17(25)23(11)10-16(24)12-6-8-13(9-7-12)18(19,20)21/h2-9,16,24H,10H2,1H3. The Hall–Kier alpha value is -2.67. The zero-order valence-electron chi connectivity index (χ0n) is 13.3. The van der Waals surface area contributed by atoms with Crippen molar-refractivity contribution < 1.29 is 18.3 Å². The van der Waals surface area contributed by atoms with Crippen LogP contribution in [0.15, 0.2) is 53.3 Å². The van der Waals surface area contributed by atoms with E-state index in [9.17, 15) is 23.1 Å². The van der Waals surface area contributed by atoms with Crippen LogP contribution in [0.2, 0.25) is 0 Å². The molecule has 25 heavy (non-hydrogen) atoms. The molecule has 0 fully saturated rings. The van der Waals surface area contributed by atoms with Crippen molar-refractivity contribution >= 4 is 10.9 Å². The van der Waals surface area contributed by atoms with Crippen molar-refractivity contribution in [1.82, 2.24) is 9.55 Å². The van der Waals surface area contributed by atoms with Crippen molar-refractivity contribution in [3.63, 3.8) is 0 Å². The van der Waals surface area contributed by atoms with E-state index in [0.29, 0.717) is 22.3 Å². The molecule has 0 saturated carbocycles. The van der Waals surface area contributed by atoms with Gasteiger partial charge in [0.15, 0.2) is 0 Å². The summed E-state index contributed by atoms with van der Waals surface area (Å²) < 4.78 is 39.1. The molecule has 0 aliphatic rings. The molecule has 3 rings (SSSR count). The molecule has 1 heterocycles. The van der Waals surface area contributed by atoms with Crippen molar-refractivity contribution in [3.8, 4) is 0 Å². The number of aromatic nitrogens is 2. The lowest BCUT2D eigenvalue weighted by Crippen LogP contribution is -2.26. The predicted molar refractivity (Wildman–Crippen MR) is 87.1 cm³/mol. The molecule has 0 bridgehead atoms. The number of hydrogen-bond donors (Lipinski definition) is 1. The van der Waals surface area contributed by atoms with Gasteiger partial charge in [0.2, 0.25) is 0 Å². The zero-order chi connectivity index (χ0) is 18.2. The second-order valence-electron chi connectivity index (χ2n) is 5.73. The molecule has 0 aliphatic heterocycles. The van der Waals surface area contributed by atoms with Crippen LogP contribution in [0, 0.1) is 6.92 Å². The second kappa shape index (κ2) is 6.33. The van der Waals surface area contributed by atoms with Crippen LogP contribution in [-0.2, 0) is 12.7 Å². The average molecular weight is 348 g/mol. The van der Waals surface area contributed by atoms with Gasteiger partial charge in [0.1, 0.15) is 5.82 Å². The molecule has 4 nitrogen and oxygen atoms in total. The number of rotatable bonds is 3. The first-order chi connectivity index (χ1) is 11.8. The molecule has 7 heteroatoms. The summed E-state index contributed by atoms with van der Waals surface area (Å²) in [7, 11) is 0. The molecule has 0 saturated heterocycles. The monoisotopic (exact) mass is 348 g/mol. The fourth-order valence-corrected chi connectivity index (χ4v) is 2.67. The molecule has 2 aromatic carbocycles. The van der Waals surface area contributed by atoms with Crippen LogP contribution in [-0.4, -0.2) is 14.7 Å². The number of alkyl halides is 3. The highest BCUT2D eigenvalue weighted by atomic mass is 19.4. The normalized spacial score (nSPS) is 13.2. The van der Waals surface area contributed by atoms with Gasteiger partial charge in [0.05, 0.1) is 29.1 Å². The van der Waals surface area contributed by atoms with E-state index in [4.69, 9.17) is 0 Å². The van der Waals surface area contributed by atoms with Gasteiger partial charge in [-0.05, 0) is 36.8 Å². The minimum absolute atomic E-state index is 0.0894. The maximum Gasteiger partial charge on any atom is 0.416 e. The van der Waals surface area contributed by atoms with Gasteiger partial charge < -0.3 is 5.11 Å². The van der Waals surface area contributed by atoms with Gasteiger partial charge in [-0.1, -0.05) is 24.3 Å². The molecule has 0 aliphatic carbocycles. The third kappa shape index (κ3) is 3.41. The fraction of sp³-hybridized carbons (Fsp3) is 0.222. The minimum atomic E-state index is -4.43. The lowest BCUT2D eigenvalue weighted by atomic mass is 10.1. The SMILES string of the molecule is Cc1nc2ccccc2c(=O)n1CC(O)c1ccc(C(F)(F)F)cc1. The van der Waals surface area contributed by atoms with E-state index in [1.54, 1.807) is 31.2 Å². The highest BCUT2D eigenvalue weighted by molar-refractivity contribution is 5.77. The molecule has 0 spiro atoms. The van der Waals surface area contributed by atoms with Crippen LogP contribution < -0.4 is 5.56 Å². The van der Waals surface area contributed by atoms with Crippen LogP contribution in [0.4, 0.5) is 13.2 Å². The second-order valence-corrected chi connectivity index (χ2v) is 5.73. The molecular weight excluding hydrogens is 333 g/mol. The van der Waals surface area contributed by atoms with Crippen LogP contribution in [0.1, 0.15) is 23.1 Å². The van der Waals surface area contributed by atoms with Gasteiger partial charge in [-0.25, -0.2) is 4.98 Å². The highest BCUT2D eigenvalue weighted by Gasteiger charge is 2.30. The maximum absolute atomic E-state index is 12.6. The third-order valence-electron chi connectivity index (χ3n) is 4.03. The van der Waals surface area contributed by atoms with Crippen molar-refractivity contribution in [1.29, 1.82) is 0 Å². The number of halogens is 3. The Balaban J connectivity index is 1.92. The molecule has 3 aromatic rings. The van der Waals surface area contributed by atoms with Crippen molar-refractivity contribution in [3.05, 3.63) is 75.8 Å². The van der Waals surface area contributed by atoms with Crippen LogP contribution in [0.5, 0.6) is 0 Å². The van der Waals surface area contributed by atoms with Gasteiger partial charge in [-0.3, -0.25) is 9.36 Å². The fourth-order valence-electron chi connectivity index (χ4n) is 2.67.